The van der Waals surface area contributed by atoms with Crippen LogP contribution in [0.5, 0.6) is 11.5 Å². The van der Waals surface area contributed by atoms with Gasteiger partial charge in [0, 0.05) is 6.08 Å². The zero-order valence-electron chi connectivity index (χ0n) is 10.2. The van der Waals surface area contributed by atoms with Gasteiger partial charge < -0.3 is 9.84 Å². The van der Waals surface area contributed by atoms with Crippen molar-refractivity contribution in [3.05, 3.63) is 64.1 Å². The van der Waals surface area contributed by atoms with E-state index >= 15 is 0 Å². The molecule has 20 heavy (non-hydrogen) atoms. The molecule has 5 heteroatoms. The van der Waals surface area contributed by atoms with Crippen molar-refractivity contribution < 1.29 is 14.6 Å². The summed E-state index contributed by atoms with van der Waals surface area (Å²) in [5, 5.41) is 9.34. The Morgan fingerprint density at radius 1 is 1.15 bits per heavy atom. The monoisotopic (exact) mass is 308 g/mol. The summed E-state index contributed by atoms with van der Waals surface area (Å²) >= 11 is 11.9. The number of carboxylic acid groups (broad SMARTS) is 1. The summed E-state index contributed by atoms with van der Waals surface area (Å²) in [5.74, 6) is -0.0190. The largest absolute Gasteiger partial charge is 0.478 e. The summed E-state index contributed by atoms with van der Waals surface area (Å²) in [5.41, 5.74) is 0.711. The van der Waals surface area contributed by atoms with Crippen LogP contribution in [-0.4, -0.2) is 11.1 Å². The molecule has 0 fully saturated rings. The van der Waals surface area contributed by atoms with E-state index < -0.39 is 5.97 Å². The van der Waals surface area contributed by atoms with Crippen molar-refractivity contribution >= 4 is 35.2 Å². The lowest BCUT2D eigenvalue weighted by molar-refractivity contribution is -0.131. The fourth-order valence-corrected chi connectivity index (χ4v) is 1.87. The molecule has 0 bridgehead atoms. The third kappa shape index (κ3) is 3.76. The second-order valence-corrected chi connectivity index (χ2v) is 4.68. The zero-order valence-corrected chi connectivity index (χ0v) is 11.7. The minimum absolute atomic E-state index is 0.334. The Morgan fingerprint density at radius 3 is 2.65 bits per heavy atom. The van der Waals surface area contributed by atoms with Crippen LogP contribution < -0.4 is 4.74 Å². The number of carbonyl (C=O) groups is 1. The van der Waals surface area contributed by atoms with E-state index in [9.17, 15) is 4.79 Å². The SMILES string of the molecule is O=C(O)C=Cc1cccc(Oc2cccc(Cl)c2Cl)c1. The lowest BCUT2D eigenvalue weighted by Gasteiger charge is -2.08. The molecule has 0 aromatic heterocycles. The van der Waals surface area contributed by atoms with E-state index in [0.717, 1.165) is 6.08 Å². The van der Waals surface area contributed by atoms with Gasteiger partial charge in [0.2, 0.25) is 0 Å². The van der Waals surface area contributed by atoms with Crippen LogP contribution >= 0.6 is 23.2 Å². The van der Waals surface area contributed by atoms with Gasteiger partial charge >= 0.3 is 5.97 Å². The highest BCUT2D eigenvalue weighted by Crippen LogP contribution is 2.34. The van der Waals surface area contributed by atoms with Gasteiger partial charge in [-0.15, -0.1) is 0 Å². The van der Waals surface area contributed by atoms with E-state index in [0.29, 0.717) is 27.1 Å². The summed E-state index contributed by atoms with van der Waals surface area (Å²) in [7, 11) is 0. The van der Waals surface area contributed by atoms with Crippen LogP contribution in [0.25, 0.3) is 6.08 Å². The normalized spacial score (nSPS) is 10.7. The minimum atomic E-state index is -1.01. The molecule has 0 aliphatic carbocycles. The average molecular weight is 309 g/mol. The van der Waals surface area contributed by atoms with Gasteiger partial charge in [-0.1, -0.05) is 41.4 Å². The van der Waals surface area contributed by atoms with Crippen LogP contribution in [0.2, 0.25) is 10.0 Å². The third-order valence-electron chi connectivity index (χ3n) is 2.42. The van der Waals surface area contributed by atoms with Crippen molar-refractivity contribution in [3.8, 4) is 11.5 Å². The maximum Gasteiger partial charge on any atom is 0.328 e. The molecule has 0 atom stereocenters. The number of ether oxygens (including phenoxy) is 1. The van der Waals surface area contributed by atoms with Crippen molar-refractivity contribution in [3.63, 3.8) is 0 Å². The van der Waals surface area contributed by atoms with Crippen molar-refractivity contribution in [1.29, 1.82) is 0 Å². The van der Waals surface area contributed by atoms with E-state index in [4.69, 9.17) is 33.0 Å². The first-order valence-electron chi connectivity index (χ1n) is 5.69. The van der Waals surface area contributed by atoms with Crippen LogP contribution in [0.4, 0.5) is 0 Å². The first-order valence-corrected chi connectivity index (χ1v) is 6.45. The standard InChI is InChI=1S/C15H10Cl2O3/c16-12-5-2-6-13(15(12)17)20-11-4-1-3-10(9-11)7-8-14(18)19/h1-9H,(H,18,19). The Bertz CT molecular complexity index is 666. The molecule has 2 rings (SSSR count). The Morgan fingerprint density at radius 2 is 1.90 bits per heavy atom. The topological polar surface area (TPSA) is 46.5 Å². The molecule has 2 aromatic rings. The van der Waals surface area contributed by atoms with Gasteiger partial charge in [-0.2, -0.15) is 0 Å². The van der Waals surface area contributed by atoms with Crippen LogP contribution in [0, 0.1) is 0 Å². The highest BCUT2D eigenvalue weighted by Gasteiger charge is 2.06. The second kappa shape index (κ2) is 6.46. The number of hydrogen-bond donors (Lipinski definition) is 1. The van der Waals surface area contributed by atoms with E-state index in [2.05, 4.69) is 0 Å². The molecule has 3 nitrogen and oxygen atoms in total. The molecular formula is C15H10Cl2O3. The van der Waals surface area contributed by atoms with Crippen LogP contribution in [0.3, 0.4) is 0 Å². The lowest BCUT2D eigenvalue weighted by atomic mass is 10.2. The summed E-state index contributed by atoms with van der Waals surface area (Å²) in [6, 6.07) is 12.1. The summed E-state index contributed by atoms with van der Waals surface area (Å²) in [6.07, 6.45) is 2.54. The molecule has 102 valence electrons. The van der Waals surface area contributed by atoms with Crippen molar-refractivity contribution in [2.75, 3.05) is 0 Å². The fourth-order valence-electron chi connectivity index (χ4n) is 1.54. The Kier molecular flexibility index (Phi) is 4.66. The maximum atomic E-state index is 10.5. The minimum Gasteiger partial charge on any atom is -0.478 e. The fraction of sp³-hybridized carbons (Fsp3) is 0. The molecule has 0 unspecified atom stereocenters. The quantitative estimate of drug-likeness (QED) is 0.818. The Labute approximate surface area is 126 Å². The number of aliphatic carboxylic acids is 1. The number of carboxylic acids is 1. The molecule has 1 N–H and O–H groups in total. The number of halogens is 2. The summed E-state index contributed by atoms with van der Waals surface area (Å²) in [4.78, 5) is 10.5. The molecule has 0 saturated carbocycles. The zero-order chi connectivity index (χ0) is 14.5. The van der Waals surface area contributed by atoms with Crippen LogP contribution in [0.15, 0.2) is 48.5 Å². The van der Waals surface area contributed by atoms with Gasteiger partial charge in [-0.25, -0.2) is 4.79 Å². The first-order chi connectivity index (χ1) is 9.56. The summed E-state index contributed by atoms with van der Waals surface area (Å²) < 4.78 is 5.64. The van der Waals surface area contributed by atoms with E-state index in [1.165, 1.54) is 6.08 Å². The Hall–Kier alpha value is -1.97. The van der Waals surface area contributed by atoms with Gasteiger partial charge in [-0.3, -0.25) is 0 Å². The molecule has 0 saturated heterocycles. The Balaban J connectivity index is 2.24. The van der Waals surface area contributed by atoms with Crippen molar-refractivity contribution in [1.82, 2.24) is 0 Å². The number of rotatable bonds is 4. The average Bonchev–Trinajstić information content (AvgIpc) is 2.42. The van der Waals surface area contributed by atoms with Crippen molar-refractivity contribution in [2.24, 2.45) is 0 Å². The highest BCUT2D eigenvalue weighted by atomic mass is 35.5. The molecule has 2 aromatic carbocycles. The lowest BCUT2D eigenvalue weighted by Crippen LogP contribution is -1.88. The molecular weight excluding hydrogens is 299 g/mol. The molecule has 0 spiro atoms. The molecule has 0 heterocycles. The number of benzene rings is 2. The number of hydrogen-bond acceptors (Lipinski definition) is 2. The summed E-state index contributed by atoms with van der Waals surface area (Å²) in [6.45, 7) is 0. The smallest absolute Gasteiger partial charge is 0.328 e. The van der Waals surface area contributed by atoms with Gasteiger partial charge in [0.1, 0.15) is 16.5 Å². The van der Waals surface area contributed by atoms with Gasteiger partial charge in [0.05, 0.1) is 5.02 Å². The van der Waals surface area contributed by atoms with Crippen LogP contribution in [0.1, 0.15) is 5.56 Å². The van der Waals surface area contributed by atoms with Gasteiger partial charge in [0.25, 0.3) is 0 Å². The van der Waals surface area contributed by atoms with E-state index in [-0.39, 0.29) is 0 Å². The third-order valence-corrected chi connectivity index (χ3v) is 3.22. The molecule has 0 aliphatic heterocycles. The molecule has 0 amide bonds. The van der Waals surface area contributed by atoms with E-state index in [1.54, 1.807) is 42.5 Å². The molecule has 0 aliphatic rings. The van der Waals surface area contributed by atoms with E-state index in [1.807, 2.05) is 0 Å². The predicted molar refractivity (Wildman–Crippen MR) is 79.6 cm³/mol. The highest BCUT2D eigenvalue weighted by molar-refractivity contribution is 6.42. The van der Waals surface area contributed by atoms with Crippen molar-refractivity contribution in [2.45, 2.75) is 0 Å². The molecule has 0 radical (unpaired) electrons. The maximum absolute atomic E-state index is 10.5. The van der Waals surface area contributed by atoms with Gasteiger partial charge in [-0.05, 0) is 35.9 Å². The second-order valence-electron chi connectivity index (χ2n) is 3.90. The first kappa shape index (κ1) is 14.4. The van der Waals surface area contributed by atoms with Crippen LogP contribution in [-0.2, 0) is 4.79 Å². The predicted octanol–water partition coefficient (Wildman–Crippen LogP) is 4.88. The van der Waals surface area contributed by atoms with Gasteiger partial charge in [0.15, 0.2) is 0 Å².